The quantitative estimate of drug-likeness (QED) is 0.0368. The Morgan fingerprint density at radius 3 is 1.07 bits per heavy atom. The first-order chi connectivity index (χ1) is 26.6. The van der Waals surface area contributed by atoms with Crippen molar-refractivity contribution < 1.29 is 20.1 Å². The third kappa shape index (κ3) is 39.1. The van der Waals surface area contributed by atoms with Gasteiger partial charge in [-0.1, -0.05) is 237 Å². The van der Waals surface area contributed by atoms with Crippen LogP contribution in [0.5, 0.6) is 0 Å². The summed E-state index contributed by atoms with van der Waals surface area (Å²) in [5.41, 5.74) is 0. The van der Waals surface area contributed by atoms with Gasteiger partial charge in [0.15, 0.2) is 0 Å². The van der Waals surface area contributed by atoms with E-state index in [-0.39, 0.29) is 6.61 Å². The number of unbranched alkanes of at least 4 members (excludes halogenated alkanes) is 34. The van der Waals surface area contributed by atoms with Gasteiger partial charge < -0.3 is 20.6 Å². The van der Waals surface area contributed by atoms with E-state index in [4.69, 9.17) is 0 Å². The fourth-order valence-corrected chi connectivity index (χ4v) is 7.47. The molecular weight excluding hydrogens is 667 g/mol. The second-order valence-electron chi connectivity index (χ2n) is 16.7. The highest BCUT2D eigenvalue weighted by atomic mass is 16.3. The van der Waals surface area contributed by atoms with Crippen molar-refractivity contribution in [1.82, 2.24) is 5.32 Å². The molecule has 3 atom stereocenters. The summed E-state index contributed by atoms with van der Waals surface area (Å²) in [4.78, 5) is 12.5. The molecule has 0 saturated heterocycles. The van der Waals surface area contributed by atoms with E-state index in [1.807, 2.05) is 6.08 Å². The van der Waals surface area contributed by atoms with Crippen LogP contribution in [0.4, 0.5) is 0 Å². The molecule has 0 aromatic rings. The van der Waals surface area contributed by atoms with E-state index in [0.29, 0.717) is 6.42 Å². The molecule has 0 spiro atoms. The normalized spacial score (nSPS) is 13.6. The fraction of sp³-hybridized carbons (Fsp3) is 0.898. The van der Waals surface area contributed by atoms with Crippen LogP contribution in [0.3, 0.4) is 0 Å². The number of aliphatic hydroxyl groups excluding tert-OH is 3. The summed E-state index contributed by atoms with van der Waals surface area (Å²) >= 11 is 0. The van der Waals surface area contributed by atoms with E-state index in [0.717, 1.165) is 32.1 Å². The van der Waals surface area contributed by atoms with Gasteiger partial charge in [-0.3, -0.25) is 4.79 Å². The summed E-state index contributed by atoms with van der Waals surface area (Å²) < 4.78 is 0. The van der Waals surface area contributed by atoms with Crippen LogP contribution in [-0.2, 0) is 4.79 Å². The third-order valence-electron chi connectivity index (χ3n) is 11.3. The van der Waals surface area contributed by atoms with Crippen LogP contribution in [0.1, 0.15) is 258 Å². The highest BCUT2D eigenvalue weighted by molar-refractivity contribution is 5.80. The summed E-state index contributed by atoms with van der Waals surface area (Å²) in [5.74, 6) is -0.505. The lowest BCUT2D eigenvalue weighted by atomic mass is 10.0. The number of carbonyl (C=O) groups is 1. The van der Waals surface area contributed by atoms with Gasteiger partial charge >= 0.3 is 0 Å². The number of aliphatic hydroxyl groups is 3. The Morgan fingerprint density at radius 1 is 0.444 bits per heavy atom. The van der Waals surface area contributed by atoms with Gasteiger partial charge in [0.05, 0.1) is 18.8 Å². The standard InChI is InChI=1S/C49H95NO4/c1-3-5-7-9-11-13-15-17-19-21-23-24-25-26-28-29-31-33-35-37-39-41-43-47(52)46(45-51)50-49(54)48(53)44-42-40-38-36-34-32-30-27-22-20-18-16-14-12-10-8-6-4-2/h22,27,41,43,46-48,51-53H,3-21,23-26,28-40,42,44-45H2,1-2H3,(H,50,54)/b27-22-,43-41+. The van der Waals surface area contributed by atoms with Gasteiger partial charge in [0.2, 0.25) is 5.91 Å². The van der Waals surface area contributed by atoms with E-state index < -0.39 is 24.2 Å². The lowest BCUT2D eigenvalue weighted by Crippen LogP contribution is -2.48. The number of carbonyl (C=O) groups excluding carboxylic acids is 1. The topological polar surface area (TPSA) is 89.8 Å². The van der Waals surface area contributed by atoms with Gasteiger partial charge in [-0.25, -0.2) is 0 Å². The Balaban J connectivity index is 3.63. The molecule has 54 heavy (non-hydrogen) atoms. The highest BCUT2D eigenvalue weighted by Gasteiger charge is 2.22. The third-order valence-corrected chi connectivity index (χ3v) is 11.3. The number of rotatable bonds is 44. The van der Waals surface area contributed by atoms with Gasteiger partial charge in [-0.05, 0) is 44.9 Å². The van der Waals surface area contributed by atoms with Crippen LogP contribution in [0, 0.1) is 0 Å². The van der Waals surface area contributed by atoms with Crippen molar-refractivity contribution >= 4 is 5.91 Å². The van der Waals surface area contributed by atoms with Crippen molar-refractivity contribution in [3.63, 3.8) is 0 Å². The fourth-order valence-electron chi connectivity index (χ4n) is 7.47. The lowest BCUT2D eigenvalue weighted by Gasteiger charge is -2.21. The number of hydrogen-bond donors (Lipinski definition) is 4. The maximum absolute atomic E-state index is 12.5. The van der Waals surface area contributed by atoms with Gasteiger partial charge in [0.1, 0.15) is 6.10 Å². The largest absolute Gasteiger partial charge is 0.394 e. The Labute approximate surface area is 337 Å². The van der Waals surface area contributed by atoms with Crippen LogP contribution in [0.15, 0.2) is 24.3 Å². The van der Waals surface area contributed by atoms with Crippen LogP contribution < -0.4 is 5.32 Å². The summed E-state index contributed by atoms with van der Waals surface area (Å²) in [5, 5.41) is 33.2. The van der Waals surface area contributed by atoms with Crippen molar-refractivity contribution in [3.8, 4) is 0 Å². The number of hydrogen-bond acceptors (Lipinski definition) is 4. The number of allylic oxidation sites excluding steroid dienone is 3. The molecule has 5 nitrogen and oxygen atoms in total. The molecule has 3 unspecified atom stereocenters. The minimum absolute atomic E-state index is 0.363. The SMILES string of the molecule is CCCCCCCCCC/C=C\CCCCCCCCC(O)C(=O)NC(CO)C(O)/C=C/CCCCCCCCCCCCCCCCCCCCCC. The molecule has 0 radical (unpaired) electrons. The molecular formula is C49H95NO4. The molecule has 4 N–H and O–H groups in total. The molecule has 0 aliphatic heterocycles. The van der Waals surface area contributed by atoms with Crippen molar-refractivity contribution in [1.29, 1.82) is 0 Å². The molecule has 0 bridgehead atoms. The number of nitrogens with one attached hydrogen (secondary N) is 1. The molecule has 0 heterocycles. The van der Waals surface area contributed by atoms with Gasteiger partial charge in [-0.2, -0.15) is 0 Å². The maximum atomic E-state index is 12.5. The first-order valence-corrected chi connectivity index (χ1v) is 24.2. The summed E-state index contributed by atoms with van der Waals surface area (Å²) in [6.07, 6.45) is 55.1. The van der Waals surface area contributed by atoms with Gasteiger partial charge in [0, 0.05) is 0 Å². The van der Waals surface area contributed by atoms with Crippen molar-refractivity contribution in [2.45, 2.75) is 276 Å². The van der Waals surface area contributed by atoms with E-state index in [1.165, 1.54) is 205 Å². The molecule has 0 aromatic heterocycles. The Hall–Kier alpha value is -1.17. The van der Waals surface area contributed by atoms with E-state index in [1.54, 1.807) is 6.08 Å². The van der Waals surface area contributed by atoms with Crippen LogP contribution in [-0.4, -0.2) is 46.1 Å². The molecule has 0 saturated carbocycles. The molecule has 320 valence electrons. The van der Waals surface area contributed by atoms with Crippen molar-refractivity contribution in [2.24, 2.45) is 0 Å². The second kappa shape index (κ2) is 44.5. The summed E-state index contributed by atoms with van der Waals surface area (Å²) in [6, 6.07) is -0.798. The molecule has 0 rings (SSSR count). The van der Waals surface area contributed by atoms with Gasteiger partial charge in [-0.15, -0.1) is 0 Å². The Bertz CT molecular complexity index is 799. The zero-order valence-corrected chi connectivity index (χ0v) is 36.4. The predicted octanol–water partition coefficient (Wildman–Crippen LogP) is 14.2. The van der Waals surface area contributed by atoms with Crippen LogP contribution in [0.2, 0.25) is 0 Å². The summed E-state index contributed by atoms with van der Waals surface area (Å²) in [7, 11) is 0. The molecule has 0 aromatic carbocycles. The minimum Gasteiger partial charge on any atom is -0.394 e. The average Bonchev–Trinajstić information content (AvgIpc) is 3.18. The van der Waals surface area contributed by atoms with E-state index in [9.17, 15) is 20.1 Å². The summed E-state index contributed by atoms with van der Waals surface area (Å²) in [6.45, 7) is 4.20. The van der Waals surface area contributed by atoms with Crippen LogP contribution in [0.25, 0.3) is 0 Å². The van der Waals surface area contributed by atoms with Gasteiger partial charge in [0.25, 0.3) is 0 Å². The van der Waals surface area contributed by atoms with E-state index in [2.05, 4.69) is 31.3 Å². The average molecular weight is 762 g/mol. The Morgan fingerprint density at radius 2 is 0.741 bits per heavy atom. The maximum Gasteiger partial charge on any atom is 0.249 e. The van der Waals surface area contributed by atoms with Crippen LogP contribution >= 0.6 is 0 Å². The monoisotopic (exact) mass is 762 g/mol. The second-order valence-corrected chi connectivity index (χ2v) is 16.7. The predicted molar refractivity (Wildman–Crippen MR) is 236 cm³/mol. The Kier molecular flexibility index (Phi) is 43.6. The van der Waals surface area contributed by atoms with Crippen molar-refractivity contribution in [2.75, 3.05) is 6.61 Å². The first-order valence-electron chi connectivity index (χ1n) is 24.2. The molecule has 0 aliphatic carbocycles. The molecule has 0 aliphatic rings. The molecule has 0 fully saturated rings. The lowest BCUT2D eigenvalue weighted by molar-refractivity contribution is -0.131. The molecule has 5 heteroatoms. The first kappa shape index (κ1) is 52.8. The highest BCUT2D eigenvalue weighted by Crippen LogP contribution is 2.16. The van der Waals surface area contributed by atoms with E-state index >= 15 is 0 Å². The number of amides is 1. The molecule has 1 amide bonds. The zero-order chi connectivity index (χ0) is 39.4. The van der Waals surface area contributed by atoms with Crippen molar-refractivity contribution in [3.05, 3.63) is 24.3 Å². The zero-order valence-electron chi connectivity index (χ0n) is 36.4. The minimum atomic E-state index is -1.10. The smallest absolute Gasteiger partial charge is 0.249 e.